The minimum absolute atomic E-state index is 0.150. The summed E-state index contributed by atoms with van der Waals surface area (Å²) in [6.45, 7) is 1.85. The summed E-state index contributed by atoms with van der Waals surface area (Å²) in [5.41, 5.74) is 1.67. The molecule has 2 aromatic carbocycles. The first-order valence-electron chi connectivity index (χ1n) is 7.72. The zero-order chi connectivity index (χ0) is 18.8. The summed E-state index contributed by atoms with van der Waals surface area (Å²) in [6, 6.07) is 11.4. The number of barbiturate groups is 1. The molecule has 1 aliphatic rings. The predicted octanol–water partition coefficient (Wildman–Crippen LogP) is 3.43. The highest BCUT2D eigenvalue weighted by Gasteiger charge is 2.37. The Bertz CT molecular complexity index is 952. The van der Waals surface area contributed by atoms with Crippen LogP contribution in [-0.2, 0) is 9.59 Å². The van der Waals surface area contributed by atoms with Crippen molar-refractivity contribution in [3.05, 3.63) is 63.6 Å². The molecule has 0 saturated carbocycles. The van der Waals surface area contributed by atoms with E-state index in [-0.39, 0.29) is 5.57 Å². The maximum Gasteiger partial charge on any atom is 0.335 e. The number of carbonyl (C=O) groups is 3. The minimum Gasteiger partial charge on any atom is -0.496 e. The highest BCUT2D eigenvalue weighted by molar-refractivity contribution is 9.10. The second-order valence-electron chi connectivity index (χ2n) is 5.68. The van der Waals surface area contributed by atoms with Gasteiger partial charge in [-0.2, -0.15) is 0 Å². The van der Waals surface area contributed by atoms with E-state index >= 15 is 0 Å². The number of hydrogen-bond acceptors (Lipinski definition) is 4. The number of nitrogens with one attached hydrogen (secondary N) is 1. The number of hydrogen-bond donors (Lipinski definition) is 1. The van der Waals surface area contributed by atoms with Crippen molar-refractivity contribution in [3.8, 4) is 5.75 Å². The van der Waals surface area contributed by atoms with E-state index in [1.54, 1.807) is 36.4 Å². The number of methoxy groups -OCH3 is 1. The zero-order valence-electron chi connectivity index (χ0n) is 14.1. The first-order chi connectivity index (χ1) is 12.4. The summed E-state index contributed by atoms with van der Waals surface area (Å²) >= 11 is 3.35. The molecule has 2 aromatic rings. The third-order valence-corrected chi connectivity index (χ3v) is 4.35. The highest BCUT2D eigenvalue weighted by atomic mass is 79.9. The monoisotopic (exact) mass is 414 g/mol. The lowest BCUT2D eigenvalue weighted by Gasteiger charge is -2.26. The SMILES string of the molecule is COc1ccc(Br)cc1/C=C1/C(=O)NC(=O)N(c2cccc(C)c2)C1=O. The molecule has 0 bridgehead atoms. The van der Waals surface area contributed by atoms with Crippen molar-refractivity contribution >= 4 is 45.5 Å². The number of rotatable bonds is 3. The summed E-state index contributed by atoms with van der Waals surface area (Å²) in [4.78, 5) is 38.3. The molecule has 1 N–H and O–H groups in total. The smallest absolute Gasteiger partial charge is 0.335 e. The number of imide groups is 2. The van der Waals surface area contributed by atoms with Crippen molar-refractivity contribution in [3.63, 3.8) is 0 Å². The summed E-state index contributed by atoms with van der Waals surface area (Å²) in [6.07, 6.45) is 1.41. The average molecular weight is 415 g/mol. The molecule has 1 saturated heterocycles. The first kappa shape index (κ1) is 17.9. The summed E-state index contributed by atoms with van der Waals surface area (Å²) < 4.78 is 6.04. The van der Waals surface area contributed by atoms with Crippen molar-refractivity contribution in [2.75, 3.05) is 12.0 Å². The van der Waals surface area contributed by atoms with E-state index < -0.39 is 17.8 Å². The summed E-state index contributed by atoms with van der Waals surface area (Å²) in [5.74, 6) is -0.933. The molecular weight excluding hydrogens is 400 g/mol. The van der Waals surface area contributed by atoms with Gasteiger partial charge in [-0.1, -0.05) is 28.1 Å². The van der Waals surface area contributed by atoms with Crippen molar-refractivity contribution in [2.24, 2.45) is 0 Å². The fourth-order valence-corrected chi connectivity index (χ4v) is 3.01. The molecule has 26 heavy (non-hydrogen) atoms. The molecule has 4 amide bonds. The lowest BCUT2D eigenvalue weighted by Crippen LogP contribution is -2.54. The minimum atomic E-state index is -0.774. The molecule has 132 valence electrons. The molecule has 0 unspecified atom stereocenters. The van der Waals surface area contributed by atoms with Crippen LogP contribution in [0.4, 0.5) is 10.5 Å². The number of nitrogens with zero attached hydrogens (tertiary/aromatic N) is 1. The van der Waals surface area contributed by atoms with E-state index in [9.17, 15) is 14.4 Å². The maximum absolute atomic E-state index is 12.9. The van der Waals surface area contributed by atoms with Crippen molar-refractivity contribution in [2.45, 2.75) is 6.92 Å². The Balaban J connectivity index is 2.07. The zero-order valence-corrected chi connectivity index (χ0v) is 15.7. The molecule has 0 radical (unpaired) electrons. The van der Waals surface area contributed by atoms with E-state index in [1.165, 1.54) is 13.2 Å². The third kappa shape index (κ3) is 3.39. The number of benzene rings is 2. The van der Waals surface area contributed by atoms with Crippen LogP contribution in [0.2, 0.25) is 0 Å². The fourth-order valence-electron chi connectivity index (χ4n) is 2.63. The van der Waals surface area contributed by atoms with Gasteiger partial charge in [-0.25, -0.2) is 9.69 Å². The number of carbonyl (C=O) groups excluding carboxylic acids is 3. The number of amides is 4. The van der Waals surface area contributed by atoms with Crippen LogP contribution in [0.25, 0.3) is 6.08 Å². The van der Waals surface area contributed by atoms with Gasteiger partial charge in [0.2, 0.25) is 0 Å². The van der Waals surface area contributed by atoms with Gasteiger partial charge in [0.25, 0.3) is 11.8 Å². The van der Waals surface area contributed by atoms with Gasteiger partial charge in [-0.15, -0.1) is 0 Å². The lowest BCUT2D eigenvalue weighted by molar-refractivity contribution is -0.122. The summed E-state index contributed by atoms with van der Waals surface area (Å²) in [7, 11) is 1.50. The standard InChI is InChI=1S/C19H15BrN2O4/c1-11-4-3-5-14(8-11)22-18(24)15(17(23)21-19(22)25)10-12-9-13(20)6-7-16(12)26-2/h3-10H,1-2H3,(H,21,23,25)/b15-10-. The van der Waals surface area contributed by atoms with Gasteiger partial charge in [0.1, 0.15) is 11.3 Å². The Morgan fingerprint density at radius 3 is 2.58 bits per heavy atom. The van der Waals surface area contributed by atoms with E-state index in [2.05, 4.69) is 21.2 Å². The molecule has 7 heteroatoms. The van der Waals surface area contributed by atoms with E-state index in [1.807, 2.05) is 13.0 Å². The van der Waals surface area contributed by atoms with E-state index in [0.717, 1.165) is 14.9 Å². The third-order valence-electron chi connectivity index (χ3n) is 3.85. The molecule has 0 aromatic heterocycles. The van der Waals surface area contributed by atoms with Gasteiger partial charge in [-0.3, -0.25) is 14.9 Å². The number of anilines is 1. The summed E-state index contributed by atoms with van der Waals surface area (Å²) in [5, 5.41) is 2.21. The molecule has 0 spiro atoms. The molecule has 1 heterocycles. The van der Waals surface area contributed by atoms with Crippen LogP contribution >= 0.6 is 15.9 Å². The number of halogens is 1. The number of urea groups is 1. The highest BCUT2D eigenvalue weighted by Crippen LogP contribution is 2.28. The second-order valence-corrected chi connectivity index (χ2v) is 6.60. The van der Waals surface area contributed by atoms with Crippen LogP contribution < -0.4 is 15.0 Å². The number of ether oxygens (including phenoxy) is 1. The molecule has 0 aliphatic carbocycles. The predicted molar refractivity (Wildman–Crippen MR) is 101 cm³/mol. The Morgan fingerprint density at radius 1 is 1.12 bits per heavy atom. The van der Waals surface area contributed by atoms with Crippen LogP contribution in [0.3, 0.4) is 0 Å². The average Bonchev–Trinajstić information content (AvgIpc) is 2.58. The molecule has 6 nitrogen and oxygen atoms in total. The van der Waals surface area contributed by atoms with Gasteiger partial charge < -0.3 is 4.74 Å². The van der Waals surface area contributed by atoms with Crippen LogP contribution in [0.1, 0.15) is 11.1 Å². The van der Waals surface area contributed by atoms with Gasteiger partial charge in [0.05, 0.1) is 12.8 Å². The quantitative estimate of drug-likeness (QED) is 0.616. The van der Waals surface area contributed by atoms with E-state index in [0.29, 0.717) is 17.0 Å². The van der Waals surface area contributed by atoms with Crippen LogP contribution in [0, 0.1) is 6.92 Å². The molecule has 0 atom stereocenters. The van der Waals surface area contributed by atoms with Crippen molar-refractivity contribution in [1.29, 1.82) is 0 Å². The Labute approximate surface area is 158 Å². The lowest BCUT2D eigenvalue weighted by atomic mass is 10.1. The van der Waals surface area contributed by atoms with Crippen molar-refractivity contribution < 1.29 is 19.1 Å². The Kier molecular flexibility index (Phi) is 4.90. The topological polar surface area (TPSA) is 75.7 Å². The molecule has 1 aliphatic heterocycles. The molecular formula is C19H15BrN2O4. The largest absolute Gasteiger partial charge is 0.496 e. The normalized spacial score (nSPS) is 16.0. The molecule has 3 rings (SSSR count). The van der Waals surface area contributed by atoms with Crippen molar-refractivity contribution in [1.82, 2.24) is 5.32 Å². The van der Waals surface area contributed by atoms with Crippen LogP contribution in [0.15, 0.2) is 52.5 Å². The van der Waals surface area contributed by atoms with Crippen LogP contribution in [0.5, 0.6) is 5.75 Å². The Morgan fingerprint density at radius 2 is 1.88 bits per heavy atom. The van der Waals surface area contributed by atoms with Crippen LogP contribution in [-0.4, -0.2) is 25.0 Å². The second kappa shape index (κ2) is 7.13. The number of aryl methyl sites for hydroxylation is 1. The Hall–Kier alpha value is -2.93. The van der Waals surface area contributed by atoms with Gasteiger partial charge in [0.15, 0.2) is 0 Å². The van der Waals surface area contributed by atoms with Gasteiger partial charge >= 0.3 is 6.03 Å². The van der Waals surface area contributed by atoms with Gasteiger partial charge in [0, 0.05) is 10.0 Å². The van der Waals surface area contributed by atoms with Gasteiger partial charge in [-0.05, 0) is 48.9 Å². The van der Waals surface area contributed by atoms with E-state index in [4.69, 9.17) is 4.74 Å². The fraction of sp³-hybridized carbons (Fsp3) is 0.105. The molecule has 1 fully saturated rings. The maximum atomic E-state index is 12.9. The first-order valence-corrected chi connectivity index (χ1v) is 8.51.